The number of benzene rings is 1. The van der Waals surface area contributed by atoms with Crippen LogP contribution in [0.25, 0.3) is 11.0 Å². The second-order valence-corrected chi connectivity index (χ2v) is 12.1. The van der Waals surface area contributed by atoms with Gasteiger partial charge in [0, 0.05) is 63.6 Å². The number of carbonyl (C=O) groups excluding carboxylic acids is 1. The quantitative estimate of drug-likeness (QED) is 0.250. The Labute approximate surface area is 261 Å². The first kappa shape index (κ1) is 31.0. The normalized spacial score (nSPS) is 17.9. The van der Waals surface area contributed by atoms with Gasteiger partial charge < -0.3 is 19.5 Å². The Kier molecular flexibility index (Phi) is 8.83. The van der Waals surface area contributed by atoms with Crippen molar-refractivity contribution in [1.29, 1.82) is 0 Å². The van der Waals surface area contributed by atoms with E-state index in [4.69, 9.17) is 9.72 Å². The predicted octanol–water partition coefficient (Wildman–Crippen LogP) is 6.29. The molecule has 1 N–H and O–H groups in total. The van der Waals surface area contributed by atoms with Gasteiger partial charge in [-0.1, -0.05) is 26.0 Å². The summed E-state index contributed by atoms with van der Waals surface area (Å²) in [5.74, 6) is 1.01. The van der Waals surface area contributed by atoms with Crippen LogP contribution in [-0.2, 0) is 30.5 Å². The van der Waals surface area contributed by atoms with Gasteiger partial charge in [-0.25, -0.2) is 4.98 Å². The summed E-state index contributed by atoms with van der Waals surface area (Å²) in [5.41, 5.74) is 3.47. The minimum atomic E-state index is -4.50. The van der Waals surface area contributed by atoms with E-state index in [1.165, 1.54) is 0 Å². The van der Waals surface area contributed by atoms with E-state index < -0.39 is 11.7 Å². The molecule has 0 radical (unpaired) electrons. The zero-order chi connectivity index (χ0) is 31.7. The number of fused-ring (bicyclic) bond motifs is 2. The topological polar surface area (TPSA) is 77.6 Å². The average molecular weight is 621 g/mol. The van der Waals surface area contributed by atoms with Crippen LogP contribution in [0, 0.1) is 6.92 Å². The fraction of sp³-hybridized carbons (Fsp3) is 0.441. The summed E-state index contributed by atoms with van der Waals surface area (Å²) in [4.78, 5) is 31.9. The van der Waals surface area contributed by atoms with Gasteiger partial charge in [-0.15, -0.1) is 0 Å². The maximum absolute atomic E-state index is 14.2. The smallest absolute Gasteiger partial charge is 0.416 e. The lowest BCUT2D eigenvalue weighted by Gasteiger charge is -2.34. The Morgan fingerprint density at radius 1 is 1.04 bits per heavy atom. The van der Waals surface area contributed by atoms with E-state index in [1.807, 2.05) is 26.0 Å². The minimum absolute atomic E-state index is 0.0213. The Balaban J connectivity index is 1.18. The summed E-state index contributed by atoms with van der Waals surface area (Å²) >= 11 is 0. The van der Waals surface area contributed by atoms with Crippen LogP contribution in [-0.4, -0.2) is 74.8 Å². The molecule has 1 amide bonds. The molecule has 3 aromatic heterocycles. The summed E-state index contributed by atoms with van der Waals surface area (Å²) in [6.45, 7) is 11.3. The first-order valence-corrected chi connectivity index (χ1v) is 15.6. The molecule has 0 bridgehead atoms. The molecule has 1 atom stereocenters. The summed E-state index contributed by atoms with van der Waals surface area (Å²) in [6.07, 6.45) is -0.447. The van der Waals surface area contributed by atoms with Crippen LogP contribution in [0.1, 0.15) is 59.8 Å². The van der Waals surface area contributed by atoms with Crippen LogP contribution in [0.3, 0.4) is 0 Å². The van der Waals surface area contributed by atoms with Gasteiger partial charge in [0.25, 0.3) is 0 Å². The molecule has 8 nitrogen and oxygen atoms in total. The van der Waals surface area contributed by atoms with E-state index in [-0.39, 0.29) is 30.4 Å². The highest BCUT2D eigenvalue weighted by Crippen LogP contribution is 2.36. The third kappa shape index (κ3) is 6.84. The van der Waals surface area contributed by atoms with Gasteiger partial charge in [-0.2, -0.15) is 13.2 Å². The molecule has 11 heteroatoms. The van der Waals surface area contributed by atoms with Crippen LogP contribution < -0.4 is 4.74 Å². The molecule has 0 aliphatic carbocycles. The van der Waals surface area contributed by atoms with Gasteiger partial charge in [-0.3, -0.25) is 14.7 Å². The number of nitrogens with one attached hydrogen (secondary N) is 1. The second kappa shape index (κ2) is 12.8. The average Bonchev–Trinajstić information content (AvgIpc) is 3.42. The molecule has 4 aromatic rings. The van der Waals surface area contributed by atoms with Crippen molar-refractivity contribution in [1.82, 2.24) is 29.7 Å². The molecule has 1 aromatic carbocycles. The number of likely N-dealkylation sites (N-methyl/N-ethyl adjacent to an activating group) is 1. The van der Waals surface area contributed by atoms with Gasteiger partial charge in [0.15, 0.2) is 0 Å². The van der Waals surface area contributed by atoms with E-state index in [0.29, 0.717) is 30.2 Å². The van der Waals surface area contributed by atoms with Crippen LogP contribution in [0.2, 0.25) is 0 Å². The highest BCUT2D eigenvalue weighted by atomic mass is 19.4. The molecule has 1 saturated heterocycles. The number of H-pyrrole nitrogens is 1. The summed E-state index contributed by atoms with van der Waals surface area (Å²) in [5, 5.41) is 0.860. The van der Waals surface area contributed by atoms with Crippen molar-refractivity contribution < 1.29 is 22.7 Å². The standard InChI is InChI=1S/C34H39F3N6O2/c1-4-24-20-43(21-26-17-27(18-39-32(24)26)45-30-8-9-38-33-28(30)14-22(3)40-33)31(44)16-23-6-7-25(29(15-23)34(35,36)37)19-42-12-10-41(5-2)11-13-42/h6-9,14-15,17-18,24H,4-5,10-13,16,19-21H2,1-3H3,(H,38,40). The largest absolute Gasteiger partial charge is 0.455 e. The lowest BCUT2D eigenvalue weighted by molar-refractivity contribution is -0.139. The molecule has 45 heavy (non-hydrogen) atoms. The maximum Gasteiger partial charge on any atom is 0.416 e. The van der Waals surface area contributed by atoms with Crippen molar-refractivity contribution in [2.24, 2.45) is 0 Å². The van der Waals surface area contributed by atoms with Crippen molar-refractivity contribution in [3.63, 3.8) is 0 Å². The van der Waals surface area contributed by atoms with Gasteiger partial charge in [0.1, 0.15) is 17.1 Å². The SMILES string of the molecule is CCC1CN(C(=O)Cc2ccc(CN3CCN(CC)CC3)c(C(F)(F)F)c2)Cc2cc(Oc3ccnc4[nH]c(C)cc34)cnc21. The van der Waals surface area contributed by atoms with Gasteiger partial charge >= 0.3 is 6.18 Å². The lowest BCUT2D eigenvalue weighted by Crippen LogP contribution is -2.45. The summed E-state index contributed by atoms with van der Waals surface area (Å²) in [6, 6.07) is 10.1. The minimum Gasteiger partial charge on any atom is -0.455 e. The van der Waals surface area contributed by atoms with E-state index in [2.05, 4.69) is 26.7 Å². The Hall–Kier alpha value is -3.96. The number of nitrogens with zero attached hydrogens (tertiary/aromatic N) is 5. The predicted molar refractivity (Wildman–Crippen MR) is 166 cm³/mol. The Bertz CT molecular complexity index is 1680. The Morgan fingerprint density at radius 3 is 2.56 bits per heavy atom. The number of hydrogen-bond donors (Lipinski definition) is 1. The van der Waals surface area contributed by atoms with E-state index >= 15 is 0 Å². The number of halogens is 3. The number of pyridine rings is 2. The first-order valence-electron chi connectivity index (χ1n) is 15.6. The number of aromatic nitrogens is 3. The van der Waals surface area contributed by atoms with E-state index in [0.717, 1.165) is 73.2 Å². The van der Waals surface area contributed by atoms with Crippen molar-refractivity contribution >= 4 is 16.9 Å². The van der Waals surface area contributed by atoms with Crippen molar-refractivity contribution in [2.45, 2.75) is 58.8 Å². The number of carbonyl (C=O) groups is 1. The lowest BCUT2D eigenvalue weighted by atomic mass is 9.92. The fourth-order valence-electron chi connectivity index (χ4n) is 6.46. The number of piperazine rings is 1. The molecular formula is C34H39F3N6O2. The molecular weight excluding hydrogens is 581 g/mol. The maximum atomic E-state index is 14.2. The number of ether oxygens (including phenoxy) is 1. The number of aromatic amines is 1. The molecule has 0 saturated carbocycles. The summed E-state index contributed by atoms with van der Waals surface area (Å²) in [7, 11) is 0. The zero-order valence-electron chi connectivity index (χ0n) is 26.0. The van der Waals surface area contributed by atoms with Crippen molar-refractivity contribution in [2.75, 3.05) is 39.3 Å². The number of amides is 1. The number of alkyl halides is 3. The monoisotopic (exact) mass is 620 g/mol. The molecule has 1 unspecified atom stereocenters. The van der Waals surface area contributed by atoms with Crippen LogP contribution in [0.15, 0.2) is 48.8 Å². The van der Waals surface area contributed by atoms with Crippen LogP contribution >= 0.6 is 0 Å². The van der Waals surface area contributed by atoms with E-state index in [9.17, 15) is 18.0 Å². The van der Waals surface area contributed by atoms with Crippen LogP contribution in [0.4, 0.5) is 13.2 Å². The molecule has 0 spiro atoms. The summed E-state index contributed by atoms with van der Waals surface area (Å²) < 4.78 is 48.8. The molecule has 2 aliphatic heterocycles. The highest BCUT2D eigenvalue weighted by Gasteiger charge is 2.35. The third-order valence-electron chi connectivity index (χ3n) is 9.01. The number of rotatable bonds is 8. The first-order chi connectivity index (χ1) is 21.6. The highest BCUT2D eigenvalue weighted by molar-refractivity contribution is 5.83. The number of aryl methyl sites for hydroxylation is 1. The van der Waals surface area contributed by atoms with Gasteiger partial charge in [-0.05, 0) is 60.8 Å². The van der Waals surface area contributed by atoms with Gasteiger partial charge in [0.2, 0.25) is 5.91 Å². The van der Waals surface area contributed by atoms with E-state index in [1.54, 1.807) is 35.5 Å². The molecule has 238 valence electrons. The second-order valence-electron chi connectivity index (χ2n) is 12.1. The molecule has 5 heterocycles. The van der Waals surface area contributed by atoms with Gasteiger partial charge in [0.05, 0.1) is 29.3 Å². The van der Waals surface area contributed by atoms with Crippen molar-refractivity contribution in [3.05, 3.63) is 82.4 Å². The molecule has 6 rings (SSSR count). The zero-order valence-corrected chi connectivity index (χ0v) is 26.0. The number of hydrogen-bond acceptors (Lipinski definition) is 6. The molecule has 1 fully saturated rings. The third-order valence-corrected chi connectivity index (χ3v) is 9.01. The fourth-order valence-corrected chi connectivity index (χ4v) is 6.46. The Morgan fingerprint density at radius 2 is 1.82 bits per heavy atom. The molecule has 2 aliphatic rings. The van der Waals surface area contributed by atoms with Crippen LogP contribution in [0.5, 0.6) is 11.5 Å². The van der Waals surface area contributed by atoms with Crippen molar-refractivity contribution in [3.8, 4) is 11.5 Å².